The fourth-order valence-electron chi connectivity index (χ4n) is 3.67. The third-order valence-corrected chi connectivity index (χ3v) is 7.04. The molecule has 1 saturated carbocycles. The number of thiophene rings is 1. The summed E-state index contributed by atoms with van der Waals surface area (Å²) in [5.74, 6) is -0.870. The van der Waals surface area contributed by atoms with Crippen molar-refractivity contribution in [3.63, 3.8) is 0 Å². The molecule has 1 aliphatic carbocycles. The minimum Gasteiger partial charge on any atom is -0.321 e. The van der Waals surface area contributed by atoms with Crippen LogP contribution in [0.25, 0.3) is 11.0 Å². The van der Waals surface area contributed by atoms with Gasteiger partial charge in [0.15, 0.2) is 5.54 Å². The van der Waals surface area contributed by atoms with Crippen LogP contribution in [0.3, 0.4) is 0 Å². The van der Waals surface area contributed by atoms with Gasteiger partial charge in [-0.2, -0.15) is 8.75 Å². The largest absolute Gasteiger partial charge is 0.325 e. The zero-order chi connectivity index (χ0) is 20.2. The summed E-state index contributed by atoms with van der Waals surface area (Å²) in [6, 6.07) is 6.46. The van der Waals surface area contributed by atoms with Crippen molar-refractivity contribution in [1.29, 1.82) is 0 Å². The fraction of sp³-hybridized carbons (Fsp3) is 0.278. The lowest BCUT2D eigenvalue weighted by atomic mass is 9.91. The molecule has 11 heteroatoms. The third-order valence-electron chi connectivity index (χ3n) is 5.17. The summed E-state index contributed by atoms with van der Waals surface area (Å²) in [5.41, 5.74) is 0.331. The number of aromatic nitrogens is 2. The number of nitrogens with one attached hydrogen (secondary N) is 2. The second-order valence-electron chi connectivity index (χ2n) is 6.98. The van der Waals surface area contributed by atoms with Crippen molar-refractivity contribution in [1.82, 2.24) is 19.0 Å². The van der Waals surface area contributed by atoms with E-state index >= 15 is 0 Å². The van der Waals surface area contributed by atoms with E-state index in [1.807, 2.05) is 17.5 Å². The molecule has 1 aromatic carbocycles. The summed E-state index contributed by atoms with van der Waals surface area (Å²) in [6.07, 6.45) is 1.72. The molecule has 29 heavy (non-hydrogen) atoms. The topological polar surface area (TPSA) is 104 Å². The minimum absolute atomic E-state index is 0.0509. The molecule has 2 aliphatic rings. The van der Waals surface area contributed by atoms with Crippen molar-refractivity contribution in [2.24, 2.45) is 5.92 Å². The maximum Gasteiger partial charge on any atom is 0.325 e. The number of hydrogen-bond acceptors (Lipinski definition) is 7. The summed E-state index contributed by atoms with van der Waals surface area (Å²) in [6.45, 7) is -0.408. The van der Waals surface area contributed by atoms with Crippen LogP contribution in [0.4, 0.5) is 10.5 Å². The summed E-state index contributed by atoms with van der Waals surface area (Å²) in [5, 5.41) is 7.72. The molecule has 1 aliphatic heterocycles. The number of halogens is 1. The van der Waals surface area contributed by atoms with Crippen LogP contribution in [0.2, 0.25) is 5.02 Å². The first-order valence-corrected chi connectivity index (χ1v) is 10.9. The second-order valence-corrected chi connectivity index (χ2v) is 8.87. The highest BCUT2D eigenvalue weighted by Gasteiger charge is 2.61. The van der Waals surface area contributed by atoms with E-state index in [1.165, 1.54) is 11.3 Å². The van der Waals surface area contributed by atoms with Crippen LogP contribution in [0.15, 0.2) is 29.6 Å². The molecule has 2 aromatic heterocycles. The average molecular weight is 448 g/mol. The molecular formula is C18H14ClN5O3S2. The highest BCUT2D eigenvalue weighted by molar-refractivity contribution is 7.10. The molecule has 148 valence electrons. The lowest BCUT2D eigenvalue weighted by Gasteiger charge is -2.25. The molecule has 0 bridgehead atoms. The Morgan fingerprint density at radius 1 is 1.31 bits per heavy atom. The Kier molecular flexibility index (Phi) is 4.30. The smallest absolute Gasteiger partial charge is 0.321 e. The van der Waals surface area contributed by atoms with Gasteiger partial charge < -0.3 is 10.6 Å². The van der Waals surface area contributed by atoms with E-state index < -0.39 is 24.0 Å². The monoisotopic (exact) mass is 447 g/mol. The van der Waals surface area contributed by atoms with Crippen LogP contribution in [-0.2, 0) is 15.1 Å². The molecule has 0 radical (unpaired) electrons. The normalized spacial score (nSPS) is 21.6. The van der Waals surface area contributed by atoms with Crippen LogP contribution in [0.1, 0.15) is 17.7 Å². The van der Waals surface area contributed by atoms with Gasteiger partial charge in [0.2, 0.25) is 5.91 Å². The first-order valence-electron chi connectivity index (χ1n) is 8.89. The summed E-state index contributed by atoms with van der Waals surface area (Å²) in [7, 11) is 0. The van der Waals surface area contributed by atoms with Gasteiger partial charge in [-0.3, -0.25) is 14.5 Å². The van der Waals surface area contributed by atoms with Gasteiger partial charge >= 0.3 is 6.03 Å². The van der Waals surface area contributed by atoms with Crippen LogP contribution in [0.5, 0.6) is 0 Å². The number of carbonyl (C=O) groups is 3. The fourth-order valence-corrected chi connectivity index (χ4v) is 5.36. The van der Waals surface area contributed by atoms with Crippen molar-refractivity contribution >= 4 is 69.2 Å². The van der Waals surface area contributed by atoms with E-state index in [0.717, 1.165) is 34.3 Å². The number of amides is 4. The Hall–Kier alpha value is -2.56. The summed E-state index contributed by atoms with van der Waals surface area (Å²) >= 11 is 8.64. The SMILES string of the molecule is O=C(CN1C(=O)NC(c2cccs2)(C2CC2)C1=O)Nc1c(Cl)ccc2nsnc12. The van der Waals surface area contributed by atoms with Crippen molar-refractivity contribution in [2.45, 2.75) is 18.4 Å². The van der Waals surface area contributed by atoms with Crippen molar-refractivity contribution < 1.29 is 14.4 Å². The number of urea groups is 1. The number of carbonyl (C=O) groups excluding carboxylic acids is 3. The molecular weight excluding hydrogens is 434 g/mol. The number of imide groups is 1. The molecule has 5 rings (SSSR count). The molecule has 0 spiro atoms. The van der Waals surface area contributed by atoms with E-state index in [1.54, 1.807) is 12.1 Å². The van der Waals surface area contributed by atoms with Gasteiger partial charge in [-0.05, 0) is 42.3 Å². The Morgan fingerprint density at radius 2 is 2.14 bits per heavy atom. The molecule has 4 amide bonds. The van der Waals surface area contributed by atoms with Gasteiger partial charge in [0.25, 0.3) is 5.91 Å². The molecule has 2 N–H and O–H groups in total. The van der Waals surface area contributed by atoms with E-state index in [2.05, 4.69) is 19.4 Å². The highest BCUT2D eigenvalue weighted by atomic mass is 35.5. The average Bonchev–Trinajstić information content (AvgIpc) is 3.12. The van der Waals surface area contributed by atoms with E-state index in [9.17, 15) is 14.4 Å². The van der Waals surface area contributed by atoms with Gasteiger partial charge in [-0.15, -0.1) is 11.3 Å². The number of anilines is 1. The number of benzene rings is 1. The predicted octanol–water partition coefficient (Wildman–Crippen LogP) is 3.20. The van der Waals surface area contributed by atoms with Crippen LogP contribution >= 0.6 is 34.7 Å². The maximum absolute atomic E-state index is 13.3. The first kappa shape index (κ1) is 18.5. The zero-order valence-corrected chi connectivity index (χ0v) is 17.2. The predicted molar refractivity (Wildman–Crippen MR) is 110 cm³/mol. The van der Waals surface area contributed by atoms with Crippen LogP contribution in [-0.4, -0.2) is 38.0 Å². The van der Waals surface area contributed by atoms with E-state index in [0.29, 0.717) is 21.7 Å². The molecule has 1 saturated heterocycles. The van der Waals surface area contributed by atoms with E-state index in [-0.39, 0.29) is 11.8 Å². The molecule has 8 nitrogen and oxygen atoms in total. The third kappa shape index (κ3) is 2.90. The summed E-state index contributed by atoms with van der Waals surface area (Å²) in [4.78, 5) is 40.3. The molecule has 1 unspecified atom stereocenters. The Bertz CT molecular complexity index is 1140. The van der Waals surface area contributed by atoms with Gasteiger partial charge in [0.1, 0.15) is 17.6 Å². The first-order chi connectivity index (χ1) is 14.0. The van der Waals surface area contributed by atoms with Gasteiger partial charge in [0.05, 0.1) is 22.4 Å². The lowest BCUT2D eigenvalue weighted by molar-refractivity contribution is -0.134. The van der Waals surface area contributed by atoms with Gasteiger partial charge in [-0.25, -0.2) is 4.79 Å². The number of rotatable bonds is 5. The number of hydrogen-bond donors (Lipinski definition) is 2. The van der Waals surface area contributed by atoms with Gasteiger partial charge in [0, 0.05) is 4.88 Å². The van der Waals surface area contributed by atoms with Crippen LogP contribution in [0, 0.1) is 5.92 Å². The van der Waals surface area contributed by atoms with Crippen molar-refractivity contribution in [3.8, 4) is 0 Å². The van der Waals surface area contributed by atoms with Crippen molar-refractivity contribution in [2.75, 3.05) is 11.9 Å². The lowest BCUT2D eigenvalue weighted by Crippen LogP contribution is -2.46. The van der Waals surface area contributed by atoms with Crippen LogP contribution < -0.4 is 10.6 Å². The molecule has 3 heterocycles. The van der Waals surface area contributed by atoms with Crippen molar-refractivity contribution in [3.05, 3.63) is 39.5 Å². The Balaban J connectivity index is 1.40. The minimum atomic E-state index is -1.07. The van der Waals surface area contributed by atoms with E-state index in [4.69, 9.17) is 11.6 Å². The quantitative estimate of drug-likeness (QED) is 0.584. The molecule has 3 aromatic rings. The standard InChI is InChI=1S/C18H14ClN5O3S2/c19-10-5-6-11-15(23-29-22-11)14(10)20-13(25)8-24-16(26)18(9-3-4-9,21-17(24)27)12-2-1-7-28-12/h1-2,5-7,9H,3-4,8H2,(H,20,25)(H,21,27). The molecule has 1 atom stereocenters. The Labute approximate surface area is 178 Å². The molecule has 2 fully saturated rings. The zero-order valence-electron chi connectivity index (χ0n) is 14.8. The van der Waals surface area contributed by atoms with Gasteiger partial charge in [-0.1, -0.05) is 17.7 Å². The Morgan fingerprint density at radius 3 is 2.86 bits per heavy atom. The highest BCUT2D eigenvalue weighted by Crippen LogP contribution is 2.50. The summed E-state index contributed by atoms with van der Waals surface area (Å²) < 4.78 is 8.28. The second kappa shape index (κ2) is 6.75. The number of nitrogens with zero attached hydrogens (tertiary/aromatic N) is 3. The number of fused-ring (bicyclic) bond motifs is 1. The maximum atomic E-state index is 13.3.